The molecule has 0 bridgehead atoms. The van der Waals surface area contributed by atoms with Crippen LogP contribution in [0.25, 0.3) is 0 Å². The summed E-state index contributed by atoms with van der Waals surface area (Å²) in [6.45, 7) is 0. The Balaban J connectivity index is 2.34. The Morgan fingerprint density at radius 3 is 2.44 bits per heavy atom. The fourth-order valence-electron chi connectivity index (χ4n) is 1.40. The molecule has 18 heavy (non-hydrogen) atoms. The van der Waals surface area contributed by atoms with Crippen molar-refractivity contribution in [3.63, 3.8) is 0 Å². The van der Waals surface area contributed by atoms with Gasteiger partial charge >= 0.3 is 5.97 Å². The predicted molar refractivity (Wildman–Crippen MR) is 74.0 cm³/mol. The Morgan fingerprint density at radius 1 is 1.06 bits per heavy atom. The van der Waals surface area contributed by atoms with Crippen LogP contribution in [0.4, 0.5) is 0 Å². The molecule has 0 amide bonds. The smallest absolute Gasteiger partial charge is 0.336 e. The molecule has 92 valence electrons. The molecule has 0 saturated carbocycles. The van der Waals surface area contributed by atoms with Gasteiger partial charge in [0.1, 0.15) is 0 Å². The highest BCUT2D eigenvalue weighted by molar-refractivity contribution is 7.99. The lowest BCUT2D eigenvalue weighted by Crippen LogP contribution is -1.97. The van der Waals surface area contributed by atoms with E-state index in [1.807, 2.05) is 0 Å². The highest BCUT2D eigenvalue weighted by Gasteiger charge is 2.10. The highest BCUT2D eigenvalue weighted by Crippen LogP contribution is 2.34. The first-order chi connectivity index (χ1) is 8.58. The number of carbonyl (C=O) groups is 1. The van der Waals surface area contributed by atoms with Gasteiger partial charge in [-0.1, -0.05) is 47.1 Å². The SMILES string of the molecule is O=C(O)c1ccccc1Sc1ccc(Cl)c(Cl)c1. The number of aromatic carboxylic acids is 1. The highest BCUT2D eigenvalue weighted by atomic mass is 35.5. The Morgan fingerprint density at radius 2 is 1.78 bits per heavy atom. The summed E-state index contributed by atoms with van der Waals surface area (Å²) in [6, 6.07) is 12.0. The number of benzene rings is 2. The zero-order chi connectivity index (χ0) is 13.1. The van der Waals surface area contributed by atoms with E-state index in [4.69, 9.17) is 28.3 Å². The maximum Gasteiger partial charge on any atom is 0.336 e. The van der Waals surface area contributed by atoms with Gasteiger partial charge in [-0.3, -0.25) is 0 Å². The van der Waals surface area contributed by atoms with Crippen LogP contribution in [-0.4, -0.2) is 11.1 Å². The number of carboxylic acids is 1. The molecule has 2 aromatic rings. The summed E-state index contributed by atoms with van der Waals surface area (Å²) in [5.74, 6) is -0.946. The average molecular weight is 299 g/mol. The van der Waals surface area contributed by atoms with Crippen LogP contribution in [-0.2, 0) is 0 Å². The molecular formula is C13H8Cl2O2S. The number of carboxylic acid groups (broad SMARTS) is 1. The second-order valence-corrected chi connectivity index (χ2v) is 5.41. The second-order valence-electron chi connectivity index (χ2n) is 3.48. The molecule has 0 aliphatic heterocycles. The van der Waals surface area contributed by atoms with Crippen molar-refractivity contribution in [2.45, 2.75) is 9.79 Å². The van der Waals surface area contributed by atoms with Crippen molar-refractivity contribution in [2.75, 3.05) is 0 Å². The first kappa shape index (κ1) is 13.3. The lowest BCUT2D eigenvalue weighted by molar-refractivity contribution is 0.0693. The molecule has 5 heteroatoms. The maximum absolute atomic E-state index is 11.1. The van der Waals surface area contributed by atoms with Crippen molar-refractivity contribution in [3.05, 3.63) is 58.1 Å². The Hall–Kier alpha value is -1.16. The monoisotopic (exact) mass is 298 g/mol. The number of rotatable bonds is 3. The molecule has 0 aliphatic carbocycles. The summed E-state index contributed by atoms with van der Waals surface area (Å²) in [4.78, 5) is 12.6. The summed E-state index contributed by atoms with van der Waals surface area (Å²) >= 11 is 13.1. The van der Waals surface area contributed by atoms with E-state index in [0.717, 1.165) is 4.90 Å². The lowest BCUT2D eigenvalue weighted by atomic mass is 10.2. The van der Waals surface area contributed by atoms with Crippen molar-refractivity contribution in [1.29, 1.82) is 0 Å². The second kappa shape index (κ2) is 5.65. The lowest BCUT2D eigenvalue weighted by Gasteiger charge is -2.06. The molecule has 0 saturated heterocycles. The normalized spacial score (nSPS) is 10.3. The Bertz CT molecular complexity index is 599. The van der Waals surface area contributed by atoms with Gasteiger partial charge in [0.25, 0.3) is 0 Å². The Kier molecular flexibility index (Phi) is 4.17. The van der Waals surface area contributed by atoms with Crippen molar-refractivity contribution in [1.82, 2.24) is 0 Å². The van der Waals surface area contributed by atoms with Crippen molar-refractivity contribution in [3.8, 4) is 0 Å². The van der Waals surface area contributed by atoms with Crippen LogP contribution in [0.5, 0.6) is 0 Å². The maximum atomic E-state index is 11.1. The van der Waals surface area contributed by atoms with E-state index in [9.17, 15) is 4.79 Å². The van der Waals surface area contributed by atoms with E-state index in [0.29, 0.717) is 14.9 Å². The summed E-state index contributed by atoms with van der Waals surface area (Å²) in [5.41, 5.74) is 0.272. The van der Waals surface area contributed by atoms with Gasteiger partial charge < -0.3 is 5.11 Å². The van der Waals surface area contributed by atoms with Crippen LogP contribution >= 0.6 is 35.0 Å². The van der Waals surface area contributed by atoms with Gasteiger partial charge in [-0.15, -0.1) is 0 Å². The van der Waals surface area contributed by atoms with E-state index in [1.165, 1.54) is 11.8 Å². The molecule has 2 rings (SSSR count). The number of halogens is 2. The van der Waals surface area contributed by atoms with Gasteiger partial charge in [0.2, 0.25) is 0 Å². The molecule has 0 aliphatic rings. The third kappa shape index (κ3) is 2.99. The van der Waals surface area contributed by atoms with E-state index in [-0.39, 0.29) is 5.56 Å². The van der Waals surface area contributed by atoms with Crippen LogP contribution in [0.1, 0.15) is 10.4 Å². The molecule has 2 aromatic carbocycles. The fourth-order valence-corrected chi connectivity index (χ4v) is 2.74. The third-order valence-corrected chi connectivity index (χ3v) is 4.04. The van der Waals surface area contributed by atoms with Gasteiger partial charge in [0.05, 0.1) is 15.6 Å². The summed E-state index contributed by atoms with van der Waals surface area (Å²) in [5, 5.41) is 10.0. The third-order valence-electron chi connectivity index (χ3n) is 2.24. The van der Waals surface area contributed by atoms with Gasteiger partial charge in [0, 0.05) is 9.79 Å². The molecule has 1 N–H and O–H groups in total. The van der Waals surface area contributed by atoms with Crippen LogP contribution in [0.2, 0.25) is 10.0 Å². The van der Waals surface area contributed by atoms with Crippen LogP contribution in [0.3, 0.4) is 0 Å². The Labute approximate surface area is 119 Å². The van der Waals surface area contributed by atoms with Gasteiger partial charge in [0.15, 0.2) is 0 Å². The predicted octanol–water partition coefficient (Wildman–Crippen LogP) is 4.84. The molecule has 0 atom stereocenters. The number of hydrogen-bond acceptors (Lipinski definition) is 2. The molecule has 0 heterocycles. The molecule has 0 aromatic heterocycles. The fraction of sp³-hybridized carbons (Fsp3) is 0. The van der Waals surface area contributed by atoms with Crippen molar-refractivity contribution >= 4 is 40.9 Å². The number of hydrogen-bond donors (Lipinski definition) is 1. The quantitative estimate of drug-likeness (QED) is 0.881. The van der Waals surface area contributed by atoms with Crippen molar-refractivity contribution < 1.29 is 9.90 Å². The van der Waals surface area contributed by atoms with E-state index in [2.05, 4.69) is 0 Å². The first-order valence-corrected chi connectivity index (χ1v) is 6.60. The van der Waals surface area contributed by atoms with E-state index in [1.54, 1.807) is 42.5 Å². The average Bonchev–Trinajstić information content (AvgIpc) is 2.34. The van der Waals surface area contributed by atoms with E-state index >= 15 is 0 Å². The minimum Gasteiger partial charge on any atom is -0.478 e. The van der Waals surface area contributed by atoms with Gasteiger partial charge in [-0.05, 0) is 30.3 Å². The van der Waals surface area contributed by atoms with Gasteiger partial charge in [-0.25, -0.2) is 4.79 Å². The minimum absolute atomic E-state index is 0.272. The molecular weight excluding hydrogens is 291 g/mol. The molecule has 0 spiro atoms. The van der Waals surface area contributed by atoms with Gasteiger partial charge in [-0.2, -0.15) is 0 Å². The summed E-state index contributed by atoms with van der Waals surface area (Å²) < 4.78 is 0. The topological polar surface area (TPSA) is 37.3 Å². The van der Waals surface area contributed by atoms with Crippen LogP contribution in [0, 0.1) is 0 Å². The zero-order valence-electron chi connectivity index (χ0n) is 9.06. The zero-order valence-corrected chi connectivity index (χ0v) is 11.4. The molecule has 2 nitrogen and oxygen atoms in total. The van der Waals surface area contributed by atoms with Crippen molar-refractivity contribution in [2.24, 2.45) is 0 Å². The summed E-state index contributed by atoms with van der Waals surface area (Å²) in [7, 11) is 0. The first-order valence-electron chi connectivity index (χ1n) is 5.03. The molecule has 0 radical (unpaired) electrons. The summed E-state index contributed by atoms with van der Waals surface area (Å²) in [6.07, 6.45) is 0. The standard InChI is InChI=1S/C13H8Cl2O2S/c14-10-6-5-8(7-11(10)15)18-12-4-2-1-3-9(12)13(16)17/h1-7H,(H,16,17). The largest absolute Gasteiger partial charge is 0.478 e. The molecule has 0 unspecified atom stereocenters. The molecule has 0 fully saturated rings. The van der Waals surface area contributed by atoms with Crippen LogP contribution in [0.15, 0.2) is 52.3 Å². The van der Waals surface area contributed by atoms with Crippen LogP contribution < -0.4 is 0 Å². The minimum atomic E-state index is -0.946. The van der Waals surface area contributed by atoms with E-state index < -0.39 is 5.97 Å².